The van der Waals surface area contributed by atoms with Gasteiger partial charge in [0.1, 0.15) is 6.04 Å². The summed E-state index contributed by atoms with van der Waals surface area (Å²) in [6.45, 7) is 7.54. The van der Waals surface area contributed by atoms with E-state index in [-0.39, 0.29) is 30.1 Å². The van der Waals surface area contributed by atoms with Crippen LogP contribution in [0.3, 0.4) is 0 Å². The Hall–Kier alpha value is -1.63. The molecule has 0 fully saturated rings. The first-order valence-electron chi connectivity index (χ1n) is 7.17. The van der Waals surface area contributed by atoms with E-state index in [2.05, 4.69) is 10.6 Å². The Balaban J connectivity index is 4.92. The third-order valence-corrected chi connectivity index (χ3v) is 3.18. The number of likely N-dealkylation sites (N-methyl/N-ethyl adjacent to an activating group) is 1. The highest BCUT2D eigenvalue weighted by Crippen LogP contribution is 2.17. The molecule has 0 heterocycles. The molecule has 0 aromatic heterocycles. The third-order valence-electron chi connectivity index (χ3n) is 3.18. The Morgan fingerprint density at radius 2 is 1.62 bits per heavy atom. The largest absolute Gasteiger partial charge is 0.357 e. The van der Waals surface area contributed by atoms with Crippen LogP contribution in [0.2, 0.25) is 0 Å². The maximum atomic E-state index is 12.3. The first-order chi connectivity index (χ1) is 9.72. The zero-order valence-electron chi connectivity index (χ0n) is 13.4. The summed E-state index contributed by atoms with van der Waals surface area (Å²) in [7, 11) is 1.51. The summed E-state index contributed by atoms with van der Waals surface area (Å²) < 4.78 is 0. The zero-order chi connectivity index (χ0) is 16.6. The summed E-state index contributed by atoms with van der Waals surface area (Å²) in [4.78, 5) is 35.4. The van der Waals surface area contributed by atoms with Crippen LogP contribution in [0.1, 0.15) is 40.5 Å². The van der Waals surface area contributed by atoms with Crippen LogP contribution in [0.4, 0.5) is 0 Å². The highest BCUT2D eigenvalue weighted by atomic mass is 16.5. The van der Waals surface area contributed by atoms with Crippen molar-refractivity contribution in [2.24, 2.45) is 17.8 Å². The molecule has 7 heteroatoms. The van der Waals surface area contributed by atoms with Crippen LogP contribution in [0.5, 0.6) is 0 Å². The molecule has 0 saturated carbocycles. The number of hydrogen-bond acceptors (Lipinski definition) is 4. The van der Waals surface area contributed by atoms with Crippen LogP contribution in [-0.4, -0.2) is 36.0 Å². The molecule has 0 aromatic carbocycles. The van der Waals surface area contributed by atoms with Gasteiger partial charge < -0.3 is 10.6 Å². The van der Waals surface area contributed by atoms with Gasteiger partial charge in [0.2, 0.25) is 17.7 Å². The van der Waals surface area contributed by atoms with Gasteiger partial charge in [0.25, 0.3) is 0 Å². The molecule has 7 nitrogen and oxygen atoms in total. The van der Waals surface area contributed by atoms with Crippen molar-refractivity contribution in [3.8, 4) is 0 Å². The fraction of sp³-hybridized carbons (Fsp3) is 0.786. The normalized spacial score (nSPS) is 13.7. The van der Waals surface area contributed by atoms with Crippen molar-refractivity contribution in [2.75, 3.05) is 7.05 Å². The number of rotatable bonds is 8. The lowest BCUT2D eigenvalue weighted by molar-refractivity contribution is -0.136. The molecule has 21 heavy (non-hydrogen) atoms. The molecular formula is C14H27N3O4. The highest BCUT2D eigenvalue weighted by Gasteiger charge is 2.28. The number of hydrogen-bond donors (Lipinski definition) is 4. The Morgan fingerprint density at radius 3 is 2.00 bits per heavy atom. The lowest BCUT2D eigenvalue weighted by Crippen LogP contribution is -2.51. The molecule has 0 spiro atoms. The molecule has 0 radical (unpaired) electrons. The van der Waals surface area contributed by atoms with Gasteiger partial charge in [-0.15, -0.1) is 0 Å². The van der Waals surface area contributed by atoms with E-state index in [4.69, 9.17) is 5.21 Å². The minimum absolute atomic E-state index is 0.0692. The Morgan fingerprint density at radius 1 is 1.05 bits per heavy atom. The minimum atomic E-state index is -0.644. The SMILES string of the molecule is CNC(=O)[C@@H](NC(=O)C(CC(=O)NO)CC(C)C)C(C)C. The third kappa shape index (κ3) is 7.08. The van der Waals surface area contributed by atoms with Crippen molar-refractivity contribution < 1.29 is 19.6 Å². The summed E-state index contributed by atoms with van der Waals surface area (Å²) in [5.41, 5.74) is 1.54. The van der Waals surface area contributed by atoms with Gasteiger partial charge in [0.15, 0.2) is 0 Å². The Labute approximate surface area is 125 Å². The highest BCUT2D eigenvalue weighted by molar-refractivity contribution is 5.90. The van der Waals surface area contributed by atoms with Gasteiger partial charge in [-0.25, -0.2) is 5.48 Å². The quantitative estimate of drug-likeness (QED) is 0.385. The summed E-state index contributed by atoms with van der Waals surface area (Å²) in [5, 5.41) is 13.8. The zero-order valence-corrected chi connectivity index (χ0v) is 13.4. The lowest BCUT2D eigenvalue weighted by atomic mass is 9.92. The topological polar surface area (TPSA) is 108 Å². The second-order valence-electron chi connectivity index (χ2n) is 5.91. The van der Waals surface area contributed by atoms with Crippen LogP contribution in [0.15, 0.2) is 0 Å². The van der Waals surface area contributed by atoms with Gasteiger partial charge in [-0.2, -0.15) is 0 Å². The van der Waals surface area contributed by atoms with Crippen LogP contribution in [-0.2, 0) is 14.4 Å². The Kier molecular flexibility index (Phi) is 8.61. The maximum absolute atomic E-state index is 12.3. The van der Waals surface area contributed by atoms with Crippen molar-refractivity contribution in [3.63, 3.8) is 0 Å². The maximum Gasteiger partial charge on any atom is 0.244 e. The average molecular weight is 301 g/mol. The van der Waals surface area contributed by atoms with Gasteiger partial charge in [-0.05, 0) is 18.3 Å². The van der Waals surface area contributed by atoms with Gasteiger partial charge in [0, 0.05) is 19.4 Å². The van der Waals surface area contributed by atoms with E-state index in [1.54, 1.807) is 0 Å². The van der Waals surface area contributed by atoms with Crippen molar-refractivity contribution in [2.45, 2.75) is 46.6 Å². The van der Waals surface area contributed by atoms with Crippen molar-refractivity contribution >= 4 is 17.7 Å². The first-order valence-corrected chi connectivity index (χ1v) is 7.17. The number of carbonyl (C=O) groups excluding carboxylic acids is 3. The summed E-state index contributed by atoms with van der Waals surface area (Å²) >= 11 is 0. The number of carbonyl (C=O) groups is 3. The standard InChI is InChI=1S/C14H27N3O4/c1-8(2)6-10(7-11(18)17-21)13(19)16-12(9(3)4)14(20)15-5/h8-10,12,21H,6-7H2,1-5H3,(H,15,20)(H,16,19)(H,17,18)/t10?,12-/m0/s1. The number of hydroxylamine groups is 1. The molecule has 0 bridgehead atoms. The Bertz CT molecular complexity index is 369. The number of nitrogens with one attached hydrogen (secondary N) is 3. The second kappa shape index (κ2) is 9.33. The van der Waals surface area contributed by atoms with E-state index in [0.29, 0.717) is 6.42 Å². The van der Waals surface area contributed by atoms with Crippen LogP contribution >= 0.6 is 0 Å². The van der Waals surface area contributed by atoms with E-state index < -0.39 is 17.9 Å². The molecule has 0 aromatic rings. The molecule has 0 saturated heterocycles. The molecule has 0 aliphatic heterocycles. The van der Waals surface area contributed by atoms with E-state index >= 15 is 0 Å². The molecule has 4 N–H and O–H groups in total. The molecule has 0 aliphatic carbocycles. The minimum Gasteiger partial charge on any atom is -0.357 e. The van der Waals surface area contributed by atoms with Crippen molar-refractivity contribution in [3.05, 3.63) is 0 Å². The number of amides is 3. The van der Waals surface area contributed by atoms with E-state index in [1.165, 1.54) is 12.5 Å². The van der Waals surface area contributed by atoms with Crippen LogP contribution in [0, 0.1) is 17.8 Å². The monoisotopic (exact) mass is 301 g/mol. The fourth-order valence-corrected chi connectivity index (χ4v) is 2.08. The summed E-state index contributed by atoms with van der Waals surface area (Å²) in [6, 6.07) is -0.644. The average Bonchev–Trinajstić information content (AvgIpc) is 2.41. The van der Waals surface area contributed by atoms with Gasteiger partial charge in [0.05, 0.1) is 0 Å². The lowest BCUT2D eigenvalue weighted by Gasteiger charge is -2.24. The molecular weight excluding hydrogens is 274 g/mol. The molecule has 0 rings (SSSR count). The summed E-state index contributed by atoms with van der Waals surface area (Å²) in [6.07, 6.45) is 0.386. The predicted molar refractivity (Wildman–Crippen MR) is 78.3 cm³/mol. The van der Waals surface area contributed by atoms with E-state index in [0.717, 1.165) is 0 Å². The van der Waals surface area contributed by atoms with Gasteiger partial charge in [-0.3, -0.25) is 19.6 Å². The summed E-state index contributed by atoms with van der Waals surface area (Å²) in [5.74, 6) is -1.67. The van der Waals surface area contributed by atoms with E-state index in [9.17, 15) is 14.4 Å². The second-order valence-corrected chi connectivity index (χ2v) is 5.91. The van der Waals surface area contributed by atoms with Gasteiger partial charge >= 0.3 is 0 Å². The molecule has 2 atom stereocenters. The van der Waals surface area contributed by atoms with Gasteiger partial charge in [-0.1, -0.05) is 27.7 Å². The molecule has 3 amide bonds. The molecule has 0 aliphatic rings. The van der Waals surface area contributed by atoms with Crippen LogP contribution < -0.4 is 16.1 Å². The molecule has 122 valence electrons. The first kappa shape index (κ1) is 19.4. The smallest absolute Gasteiger partial charge is 0.244 e. The van der Waals surface area contributed by atoms with E-state index in [1.807, 2.05) is 27.7 Å². The fourth-order valence-electron chi connectivity index (χ4n) is 2.08. The van der Waals surface area contributed by atoms with Crippen LogP contribution in [0.25, 0.3) is 0 Å². The van der Waals surface area contributed by atoms with Crippen molar-refractivity contribution in [1.29, 1.82) is 0 Å². The van der Waals surface area contributed by atoms with Crippen molar-refractivity contribution in [1.82, 2.24) is 16.1 Å². The predicted octanol–water partition coefficient (Wildman–Crippen LogP) is 0.431. The molecule has 1 unspecified atom stereocenters.